The number of amides is 2. The van der Waals surface area contributed by atoms with Crippen molar-refractivity contribution < 1.29 is 14.7 Å². The van der Waals surface area contributed by atoms with Crippen LogP contribution in [0, 0.1) is 7.14 Å². The van der Waals surface area contributed by atoms with Crippen LogP contribution in [0.5, 0.6) is 5.75 Å². The normalized spacial score (nSPS) is 16.1. The SMILES string of the molecule is O=C1S/C(=C/c2cc(I)c(O)c(I)c2)C(=O)N1Cc1ccccc1Br. The Morgan fingerprint density at radius 2 is 1.80 bits per heavy atom. The van der Waals surface area contributed by atoms with Gasteiger partial charge < -0.3 is 5.11 Å². The zero-order valence-corrected chi connectivity index (χ0v) is 19.2. The molecule has 8 heteroatoms. The molecule has 0 aliphatic carbocycles. The van der Waals surface area contributed by atoms with Crippen LogP contribution in [-0.4, -0.2) is 21.2 Å². The lowest BCUT2D eigenvalue weighted by molar-refractivity contribution is -0.123. The summed E-state index contributed by atoms with van der Waals surface area (Å²) >= 11 is 8.44. The van der Waals surface area contributed by atoms with Crippen molar-refractivity contribution in [1.82, 2.24) is 4.90 Å². The third-order valence-corrected chi connectivity index (χ3v) is 6.82. The second-order valence-electron chi connectivity index (χ2n) is 5.19. The number of hydrogen-bond acceptors (Lipinski definition) is 4. The van der Waals surface area contributed by atoms with Gasteiger partial charge in [-0.15, -0.1) is 0 Å². The van der Waals surface area contributed by atoms with Gasteiger partial charge >= 0.3 is 0 Å². The van der Waals surface area contributed by atoms with Crippen molar-refractivity contribution in [2.45, 2.75) is 6.54 Å². The molecule has 2 aromatic carbocycles. The molecule has 2 aromatic rings. The molecule has 25 heavy (non-hydrogen) atoms. The standard InChI is InChI=1S/C17H10BrI2NO3S/c18-11-4-2-1-3-10(11)8-21-16(23)14(25-17(21)24)7-9-5-12(19)15(22)13(20)6-9/h1-7,22H,8H2/b14-7+. The Hall–Kier alpha value is -0.590. The number of hydrogen-bond donors (Lipinski definition) is 1. The number of carbonyl (C=O) groups is 2. The molecule has 2 amide bonds. The van der Waals surface area contributed by atoms with Crippen LogP contribution in [0.2, 0.25) is 0 Å². The highest BCUT2D eigenvalue weighted by atomic mass is 127. The van der Waals surface area contributed by atoms with Crippen LogP contribution < -0.4 is 0 Å². The first-order valence-corrected chi connectivity index (χ1v) is 10.8. The van der Waals surface area contributed by atoms with Gasteiger partial charge in [0, 0.05) is 4.47 Å². The van der Waals surface area contributed by atoms with Crippen LogP contribution >= 0.6 is 72.9 Å². The van der Waals surface area contributed by atoms with Crippen LogP contribution in [0.15, 0.2) is 45.8 Å². The van der Waals surface area contributed by atoms with E-state index in [-0.39, 0.29) is 23.4 Å². The van der Waals surface area contributed by atoms with Crippen molar-refractivity contribution in [2.75, 3.05) is 0 Å². The molecule has 0 aromatic heterocycles. The van der Waals surface area contributed by atoms with E-state index in [4.69, 9.17) is 0 Å². The number of rotatable bonds is 3. The van der Waals surface area contributed by atoms with Gasteiger partial charge in [-0.1, -0.05) is 34.1 Å². The Bertz CT molecular complexity index is 894. The van der Waals surface area contributed by atoms with E-state index in [0.717, 1.165) is 27.4 Å². The number of thioether (sulfide) groups is 1. The first-order valence-electron chi connectivity index (χ1n) is 7.03. The second-order valence-corrected chi connectivity index (χ2v) is 9.36. The predicted octanol–water partition coefficient (Wildman–Crippen LogP) is 5.60. The van der Waals surface area contributed by atoms with Crippen molar-refractivity contribution in [3.8, 4) is 5.75 Å². The van der Waals surface area contributed by atoms with E-state index in [1.807, 2.05) is 69.4 Å². The number of aromatic hydroxyl groups is 1. The molecule has 128 valence electrons. The third kappa shape index (κ3) is 4.22. The first kappa shape index (κ1) is 19.2. The zero-order chi connectivity index (χ0) is 18.1. The van der Waals surface area contributed by atoms with E-state index >= 15 is 0 Å². The van der Waals surface area contributed by atoms with Gasteiger partial charge in [0.15, 0.2) is 0 Å². The molecule has 0 spiro atoms. The summed E-state index contributed by atoms with van der Waals surface area (Å²) in [4.78, 5) is 26.5. The van der Waals surface area contributed by atoms with E-state index < -0.39 is 0 Å². The van der Waals surface area contributed by atoms with E-state index in [2.05, 4.69) is 15.9 Å². The largest absolute Gasteiger partial charge is 0.506 e. The lowest BCUT2D eigenvalue weighted by Crippen LogP contribution is -2.27. The minimum Gasteiger partial charge on any atom is -0.506 e. The molecule has 1 N–H and O–H groups in total. The molecule has 0 unspecified atom stereocenters. The molecule has 1 aliphatic heterocycles. The van der Waals surface area contributed by atoms with Gasteiger partial charge in [-0.2, -0.15) is 0 Å². The summed E-state index contributed by atoms with van der Waals surface area (Å²) in [6.07, 6.45) is 1.69. The molecule has 3 rings (SSSR count). The summed E-state index contributed by atoms with van der Waals surface area (Å²) in [6.45, 7) is 0.230. The Labute approximate surface area is 184 Å². The Kier molecular flexibility index (Phi) is 6.11. The highest BCUT2D eigenvalue weighted by molar-refractivity contribution is 14.1. The third-order valence-electron chi connectivity index (χ3n) is 3.50. The lowest BCUT2D eigenvalue weighted by atomic mass is 10.2. The van der Waals surface area contributed by atoms with Crippen molar-refractivity contribution in [3.63, 3.8) is 0 Å². The summed E-state index contributed by atoms with van der Waals surface area (Å²) in [5.41, 5.74) is 1.65. The zero-order valence-electron chi connectivity index (χ0n) is 12.5. The molecule has 4 nitrogen and oxygen atoms in total. The number of phenols is 1. The molecule has 1 saturated heterocycles. The van der Waals surface area contributed by atoms with Crippen LogP contribution in [0.3, 0.4) is 0 Å². The van der Waals surface area contributed by atoms with Crippen LogP contribution in [0.1, 0.15) is 11.1 Å². The molecule has 0 bridgehead atoms. The Balaban J connectivity index is 1.87. The average molecular weight is 642 g/mol. The smallest absolute Gasteiger partial charge is 0.293 e. The van der Waals surface area contributed by atoms with Gasteiger partial charge in [0.1, 0.15) is 5.75 Å². The first-order chi connectivity index (χ1) is 11.9. The minimum atomic E-state index is -0.302. The Morgan fingerprint density at radius 1 is 1.16 bits per heavy atom. The fourth-order valence-corrected chi connectivity index (χ4v) is 5.32. The summed E-state index contributed by atoms with van der Waals surface area (Å²) in [5, 5.41) is 9.56. The van der Waals surface area contributed by atoms with Crippen molar-refractivity contribution >= 4 is 90.1 Å². The number of nitrogens with zero attached hydrogens (tertiary/aromatic N) is 1. The van der Waals surface area contributed by atoms with Crippen LogP contribution in [-0.2, 0) is 11.3 Å². The number of imide groups is 1. The van der Waals surface area contributed by atoms with Crippen molar-refractivity contribution in [2.24, 2.45) is 0 Å². The van der Waals surface area contributed by atoms with E-state index in [9.17, 15) is 14.7 Å². The molecule has 0 atom stereocenters. The highest BCUT2D eigenvalue weighted by Crippen LogP contribution is 2.35. The number of halogens is 3. The van der Waals surface area contributed by atoms with Gasteiger partial charge in [-0.25, -0.2) is 0 Å². The van der Waals surface area contributed by atoms with Crippen molar-refractivity contribution in [3.05, 3.63) is 64.0 Å². The number of benzene rings is 2. The minimum absolute atomic E-state index is 0.223. The summed E-state index contributed by atoms with van der Waals surface area (Å²) in [6, 6.07) is 11.1. The van der Waals surface area contributed by atoms with E-state index in [1.165, 1.54) is 4.90 Å². The van der Waals surface area contributed by atoms with Gasteiger partial charge in [0.2, 0.25) is 0 Å². The molecule has 1 fully saturated rings. The van der Waals surface area contributed by atoms with E-state index in [0.29, 0.717) is 12.0 Å². The molecular formula is C17H10BrI2NO3S. The van der Waals surface area contributed by atoms with Gasteiger partial charge in [-0.3, -0.25) is 14.5 Å². The molecule has 1 aliphatic rings. The monoisotopic (exact) mass is 641 g/mol. The molecule has 0 saturated carbocycles. The topological polar surface area (TPSA) is 57.6 Å². The fraction of sp³-hybridized carbons (Fsp3) is 0.0588. The summed E-state index contributed by atoms with van der Waals surface area (Å²) in [5.74, 6) is -0.0794. The molecule has 0 radical (unpaired) electrons. The number of carbonyl (C=O) groups excluding carboxylic acids is 2. The maximum Gasteiger partial charge on any atom is 0.293 e. The molecular weight excluding hydrogens is 632 g/mol. The van der Waals surface area contributed by atoms with Crippen LogP contribution in [0.4, 0.5) is 4.79 Å². The van der Waals surface area contributed by atoms with Gasteiger partial charge in [-0.05, 0) is 92.3 Å². The quantitative estimate of drug-likeness (QED) is 0.350. The maximum atomic E-state index is 12.6. The summed E-state index contributed by atoms with van der Waals surface area (Å²) < 4.78 is 2.26. The predicted molar refractivity (Wildman–Crippen MR) is 119 cm³/mol. The second kappa shape index (κ2) is 7.97. The lowest BCUT2D eigenvalue weighted by Gasteiger charge is -2.13. The van der Waals surface area contributed by atoms with Crippen LogP contribution in [0.25, 0.3) is 6.08 Å². The van der Waals surface area contributed by atoms with E-state index in [1.54, 1.807) is 18.2 Å². The fourth-order valence-electron chi connectivity index (χ4n) is 2.25. The average Bonchev–Trinajstić information content (AvgIpc) is 2.82. The summed E-state index contributed by atoms with van der Waals surface area (Å²) in [7, 11) is 0. The highest BCUT2D eigenvalue weighted by Gasteiger charge is 2.35. The number of phenolic OH excluding ortho intramolecular Hbond substituents is 1. The maximum absolute atomic E-state index is 12.6. The molecule has 1 heterocycles. The van der Waals surface area contributed by atoms with Crippen molar-refractivity contribution in [1.29, 1.82) is 0 Å². The van der Waals surface area contributed by atoms with Gasteiger partial charge in [0.05, 0.1) is 18.6 Å². The Morgan fingerprint density at radius 3 is 2.44 bits per heavy atom. The van der Waals surface area contributed by atoms with Gasteiger partial charge in [0.25, 0.3) is 11.1 Å².